The van der Waals surface area contributed by atoms with E-state index in [0.717, 1.165) is 6.42 Å². The van der Waals surface area contributed by atoms with Gasteiger partial charge in [-0.1, -0.05) is 13.8 Å². The Labute approximate surface area is 80.2 Å². The van der Waals surface area contributed by atoms with Crippen molar-refractivity contribution in [1.82, 2.24) is 0 Å². The van der Waals surface area contributed by atoms with Crippen LogP contribution in [0, 0.1) is 5.92 Å². The molecule has 0 spiro atoms. The number of hydrogen-bond acceptors (Lipinski definition) is 2. The van der Waals surface area contributed by atoms with Crippen LogP contribution < -0.4 is 0 Å². The number of rotatable bonds is 2. The lowest BCUT2D eigenvalue weighted by Crippen LogP contribution is -2.21. The van der Waals surface area contributed by atoms with E-state index in [9.17, 15) is 4.79 Å². The van der Waals surface area contributed by atoms with E-state index in [0.29, 0.717) is 5.92 Å². The van der Waals surface area contributed by atoms with Gasteiger partial charge in [-0.05, 0) is 33.1 Å². The van der Waals surface area contributed by atoms with Gasteiger partial charge in [-0.15, -0.1) is 0 Å². The van der Waals surface area contributed by atoms with Gasteiger partial charge in [-0.2, -0.15) is 4.99 Å². The van der Waals surface area contributed by atoms with Crippen molar-refractivity contribution < 1.29 is 9.53 Å². The molecular weight excluding hydrogens is 166 g/mol. The summed E-state index contributed by atoms with van der Waals surface area (Å²) in [6.07, 6.45) is 1.91. The van der Waals surface area contributed by atoms with Crippen LogP contribution in [0.15, 0.2) is 4.99 Å². The molecule has 0 heterocycles. The van der Waals surface area contributed by atoms with E-state index in [1.807, 2.05) is 20.8 Å². The average Bonchev–Trinajstić information content (AvgIpc) is 1.81. The van der Waals surface area contributed by atoms with Crippen molar-refractivity contribution in [2.45, 2.75) is 46.6 Å². The molecule has 0 rings (SSSR count). The molecule has 0 aromatic heterocycles. The lowest BCUT2D eigenvalue weighted by Gasteiger charge is -2.17. The molecule has 13 heavy (non-hydrogen) atoms. The van der Waals surface area contributed by atoms with Crippen LogP contribution in [-0.4, -0.2) is 17.9 Å². The topological polar surface area (TPSA) is 38.7 Å². The summed E-state index contributed by atoms with van der Waals surface area (Å²) < 4.78 is 4.98. The number of amides is 1. The van der Waals surface area contributed by atoms with Gasteiger partial charge in [0, 0.05) is 6.21 Å². The molecule has 0 aromatic rings. The molecule has 0 saturated heterocycles. The minimum atomic E-state index is -0.506. The van der Waals surface area contributed by atoms with Gasteiger partial charge in [0.05, 0.1) is 0 Å². The Balaban J connectivity index is 3.81. The monoisotopic (exact) mass is 185 g/mol. The molecule has 0 fully saturated rings. The number of nitrogens with zero attached hydrogens (tertiary/aromatic N) is 1. The summed E-state index contributed by atoms with van der Waals surface area (Å²) >= 11 is 0. The minimum Gasteiger partial charge on any atom is -0.442 e. The highest BCUT2D eigenvalue weighted by Crippen LogP contribution is 2.07. The second kappa shape index (κ2) is 5.00. The van der Waals surface area contributed by atoms with Crippen LogP contribution >= 0.6 is 0 Å². The molecule has 0 N–H and O–H groups in total. The highest BCUT2D eigenvalue weighted by atomic mass is 16.6. The van der Waals surface area contributed by atoms with Crippen molar-refractivity contribution in [2.75, 3.05) is 0 Å². The summed E-state index contributed by atoms with van der Waals surface area (Å²) in [5.41, 5.74) is -0.452. The van der Waals surface area contributed by atoms with Crippen molar-refractivity contribution in [3.05, 3.63) is 0 Å². The molecule has 0 unspecified atom stereocenters. The van der Waals surface area contributed by atoms with Gasteiger partial charge >= 0.3 is 6.09 Å². The first-order valence-electron chi connectivity index (χ1n) is 4.57. The zero-order valence-corrected chi connectivity index (χ0v) is 9.13. The molecule has 0 atom stereocenters. The first-order valence-corrected chi connectivity index (χ1v) is 4.57. The summed E-state index contributed by atoms with van der Waals surface area (Å²) in [5, 5.41) is 0. The fourth-order valence-corrected chi connectivity index (χ4v) is 0.626. The molecule has 0 aliphatic heterocycles. The van der Waals surface area contributed by atoms with E-state index in [1.54, 1.807) is 6.21 Å². The van der Waals surface area contributed by atoms with Crippen LogP contribution in [0.4, 0.5) is 4.79 Å². The maximum Gasteiger partial charge on any atom is 0.433 e. The van der Waals surface area contributed by atoms with Crippen LogP contribution in [0.3, 0.4) is 0 Å². The largest absolute Gasteiger partial charge is 0.442 e. The summed E-state index contributed by atoms with van der Waals surface area (Å²) in [4.78, 5) is 14.7. The molecule has 3 nitrogen and oxygen atoms in total. The third-order valence-electron chi connectivity index (χ3n) is 1.17. The molecule has 0 aliphatic carbocycles. The average molecular weight is 185 g/mol. The molecule has 0 aliphatic rings. The van der Waals surface area contributed by atoms with Crippen LogP contribution in [0.25, 0.3) is 0 Å². The number of carbonyl (C=O) groups excluding carboxylic acids is 1. The van der Waals surface area contributed by atoms with Gasteiger partial charge in [0.1, 0.15) is 5.60 Å². The van der Waals surface area contributed by atoms with Crippen molar-refractivity contribution in [3.63, 3.8) is 0 Å². The molecule has 76 valence electrons. The maximum atomic E-state index is 11.0. The van der Waals surface area contributed by atoms with Crippen LogP contribution in [-0.2, 0) is 4.74 Å². The molecule has 0 saturated carbocycles. The highest BCUT2D eigenvalue weighted by molar-refractivity contribution is 5.79. The van der Waals surface area contributed by atoms with Crippen LogP contribution in [0.5, 0.6) is 0 Å². The number of ether oxygens (including phenoxy) is 1. The third kappa shape index (κ3) is 9.05. The summed E-state index contributed by atoms with van der Waals surface area (Å²) in [5.74, 6) is 0.520. The van der Waals surface area contributed by atoms with Gasteiger partial charge < -0.3 is 4.74 Å². The van der Waals surface area contributed by atoms with Crippen molar-refractivity contribution >= 4 is 12.3 Å². The fraction of sp³-hybridized carbons (Fsp3) is 0.800. The number of hydrogen-bond donors (Lipinski definition) is 0. The summed E-state index contributed by atoms with van der Waals surface area (Å²) in [7, 11) is 0. The number of aliphatic imine (C=N–C) groups is 1. The first-order chi connectivity index (χ1) is 5.81. The smallest absolute Gasteiger partial charge is 0.433 e. The minimum absolute atomic E-state index is 0.452. The Morgan fingerprint density at radius 3 is 2.38 bits per heavy atom. The zero-order valence-electron chi connectivity index (χ0n) is 9.13. The van der Waals surface area contributed by atoms with Crippen LogP contribution in [0.2, 0.25) is 0 Å². The molecule has 3 heteroatoms. The van der Waals surface area contributed by atoms with E-state index in [1.165, 1.54) is 0 Å². The Hall–Kier alpha value is -0.860. The lowest BCUT2D eigenvalue weighted by atomic mass is 10.2. The van der Waals surface area contributed by atoms with Gasteiger partial charge in [-0.25, -0.2) is 4.79 Å². The van der Waals surface area contributed by atoms with Gasteiger partial charge in [0.15, 0.2) is 0 Å². The van der Waals surface area contributed by atoms with E-state index in [4.69, 9.17) is 4.74 Å². The zero-order chi connectivity index (χ0) is 10.5. The fourth-order valence-electron chi connectivity index (χ4n) is 0.626. The molecule has 0 radical (unpaired) electrons. The van der Waals surface area contributed by atoms with E-state index in [2.05, 4.69) is 18.8 Å². The second-order valence-corrected chi connectivity index (χ2v) is 4.42. The second-order valence-electron chi connectivity index (χ2n) is 4.42. The predicted octanol–water partition coefficient (Wildman–Crippen LogP) is 3.04. The highest BCUT2D eigenvalue weighted by Gasteiger charge is 2.14. The summed E-state index contributed by atoms with van der Waals surface area (Å²) in [6.45, 7) is 9.61. The molecular formula is C10H19NO2. The van der Waals surface area contributed by atoms with E-state index in [-0.39, 0.29) is 0 Å². The molecule has 0 bridgehead atoms. The lowest BCUT2D eigenvalue weighted by molar-refractivity contribution is 0.0605. The quantitative estimate of drug-likeness (QED) is 0.620. The Morgan fingerprint density at radius 2 is 2.00 bits per heavy atom. The first kappa shape index (κ1) is 12.1. The van der Waals surface area contributed by atoms with Crippen LogP contribution in [0.1, 0.15) is 41.0 Å². The molecule has 0 aromatic carbocycles. The Morgan fingerprint density at radius 1 is 1.46 bits per heavy atom. The predicted molar refractivity (Wildman–Crippen MR) is 54.2 cm³/mol. The standard InChI is InChI=1S/C10H19NO2/c1-8(2)6-7-11-9(12)13-10(3,4)5/h7-8H,6H2,1-5H3/b11-7+. The van der Waals surface area contributed by atoms with E-state index >= 15 is 0 Å². The SMILES string of the molecule is CC(C)C/C=N/C(=O)OC(C)(C)C. The van der Waals surface area contributed by atoms with Gasteiger partial charge in [0.2, 0.25) is 0 Å². The number of carbonyl (C=O) groups is 1. The third-order valence-corrected chi connectivity index (χ3v) is 1.17. The van der Waals surface area contributed by atoms with Crippen molar-refractivity contribution in [3.8, 4) is 0 Å². The van der Waals surface area contributed by atoms with Crippen molar-refractivity contribution in [2.24, 2.45) is 10.9 Å². The maximum absolute atomic E-state index is 11.0. The van der Waals surface area contributed by atoms with Gasteiger partial charge in [-0.3, -0.25) is 0 Å². The van der Waals surface area contributed by atoms with Gasteiger partial charge in [0.25, 0.3) is 0 Å². The Kier molecular flexibility index (Phi) is 4.67. The normalized spacial score (nSPS) is 12.5. The van der Waals surface area contributed by atoms with E-state index < -0.39 is 11.7 Å². The molecule has 1 amide bonds. The van der Waals surface area contributed by atoms with Crippen molar-refractivity contribution in [1.29, 1.82) is 0 Å². The Bertz CT molecular complexity index is 190. The summed E-state index contributed by atoms with van der Waals surface area (Å²) in [6, 6.07) is 0.